The first kappa shape index (κ1) is 21.6. The number of carbonyl (C=O) groups is 1. The maximum Gasteiger partial charge on any atom is 0.422 e. The van der Waals surface area contributed by atoms with E-state index in [2.05, 4.69) is 19.9 Å². The highest BCUT2D eigenvalue weighted by Crippen LogP contribution is 2.19. The van der Waals surface area contributed by atoms with Crippen LogP contribution >= 0.6 is 0 Å². The molecule has 0 atom stereocenters. The Kier molecular flexibility index (Phi) is 6.59. The second-order valence-corrected chi connectivity index (χ2v) is 7.30. The van der Waals surface area contributed by atoms with Crippen LogP contribution in [-0.4, -0.2) is 50.7 Å². The third-order valence-corrected chi connectivity index (χ3v) is 5.04. The van der Waals surface area contributed by atoms with Crippen molar-refractivity contribution in [3.8, 4) is 5.88 Å². The maximum absolute atomic E-state index is 12.3. The zero-order chi connectivity index (χ0) is 20.9. The van der Waals surface area contributed by atoms with Crippen LogP contribution in [0.25, 0.3) is 0 Å². The van der Waals surface area contributed by atoms with Gasteiger partial charge in [0.05, 0.1) is 23.9 Å². The molecule has 152 valence electrons. The minimum Gasteiger partial charge on any atom is -0.468 e. The molecule has 0 saturated carbocycles. The summed E-state index contributed by atoms with van der Waals surface area (Å²) in [5, 5.41) is 2.46. The number of aromatic nitrogens is 1. The van der Waals surface area contributed by atoms with E-state index < -0.39 is 28.7 Å². The molecule has 1 aromatic heterocycles. The van der Waals surface area contributed by atoms with Crippen molar-refractivity contribution in [2.75, 3.05) is 26.1 Å². The van der Waals surface area contributed by atoms with Gasteiger partial charge < -0.3 is 10.1 Å². The normalized spacial score (nSPS) is 12.1. The summed E-state index contributed by atoms with van der Waals surface area (Å²) >= 11 is 0. The smallest absolute Gasteiger partial charge is 0.422 e. The average Bonchev–Trinajstić information content (AvgIpc) is 2.66. The molecule has 1 N–H and O–H groups in total. The monoisotopic (exact) mass is 419 g/mol. The van der Waals surface area contributed by atoms with Gasteiger partial charge in [0.2, 0.25) is 5.88 Å². The third kappa shape index (κ3) is 5.65. The van der Waals surface area contributed by atoms with Gasteiger partial charge in [-0.3, -0.25) is 9.63 Å². The summed E-state index contributed by atoms with van der Waals surface area (Å²) in [6.07, 6.45) is -3.38. The second-order valence-electron chi connectivity index (χ2n) is 5.37. The van der Waals surface area contributed by atoms with E-state index in [4.69, 9.17) is 0 Å². The van der Waals surface area contributed by atoms with Crippen LogP contribution in [0.5, 0.6) is 5.88 Å². The molecule has 1 amide bonds. The van der Waals surface area contributed by atoms with Crippen LogP contribution in [0.15, 0.2) is 47.5 Å². The summed E-state index contributed by atoms with van der Waals surface area (Å²) < 4.78 is 65.9. The molecule has 0 saturated heterocycles. The molecular weight excluding hydrogens is 403 g/mol. The van der Waals surface area contributed by atoms with Crippen molar-refractivity contribution in [1.29, 1.82) is 0 Å². The van der Waals surface area contributed by atoms with Gasteiger partial charge >= 0.3 is 6.18 Å². The summed E-state index contributed by atoms with van der Waals surface area (Å²) in [6, 6.07) is 7.71. The Bertz CT molecular complexity index is 933. The number of anilines is 1. The Hall–Kier alpha value is -2.70. The van der Waals surface area contributed by atoms with Gasteiger partial charge in [0.15, 0.2) is 6.61 Å². The first-order valence-corrected chi connectivity index (χ1v) is 9.07. The SMILES string of the molecule is CON(C)S(=O)(=O)c1cccc(C(=O)Nc2ccc(OCC(F)(F)F)nc2)c1. The van der Waals surface area contributed by atoms with Crippen LogP contribution in [0.2, 0.25) is 0 Å². The van der Waals surface area contributed by atoms with Crippen LogP contribution in [0.1, 0.15) is 10.4 Å². The quantitative estimate of drug-likeness (QED) is 0.693. The summed E-state index contributed by atoms with van der Waals surface area (Å²) in [6.45, 7) is -1.48. The lowest BCUT2D eigenvalue weighted by Crippen LogP contribution is -2.26. The molecular formula is C16H16F3N3O5S. The molecule has 0 spiro atoms. The van der Waals surface area contributed by atoms with Gasteiger partial charge in [-0.05, 0) is 24.3 Å². The predicted molar refractivity (Wildman–Crippen MR) is 92.1 cm³/mol. The van der Waals surface area contributed by atoms with Gasteiger partial charge in [-0.15, -0.1) is 0 Å². The molecule has 0 aliphatic heterocycles. The van der Waals surface area contributed by atoms with E-state index in [0.29, 0.717) is 4.47 Å². The first-order valence-electron chi connectivity index (χ1n) is 7.63. The highest BCUT2D eigenvalue weighted by atomic mass is 32.2. The zero-order valence-corrected chi connectivity index (χ0v) is 15.5. The number of nitrogens with one attached hydrogen (secondary N) is 1. The van der Waals surface area contributed by atoms with Gasteiger partial charge in [-0.25, -0.2) is 13.4 Å². The first-order chi connectivity index (χ1) is 13.0. The number of benzene rings is 1. The van der Waals surface area contributed by atoms with Crippen molar-refractivity contribution in [3.63, 3.8) is 0 Å². The van der Waals surface area contributed by atoms with Crippen molar-refractivity contribution < 1.29 is 36.0 Å². The number of hydrogen-bond donors (Lipinski definition) is 1. The van der Waals surface area contributed by atoms with Crippen molar-refractivity contribution in [2.45, 2.75) is 11.1 Å². The standard InChI is InChI=1S/C16H16F3N3O5S/c1-22(26-2)28(24,25)13-5-3-4-11(8-13)15(23)21-12-6-7-14(20-9-12)27-10-16(17,18)19/h3-9H,10H2,1-2H3,(H,21,23). The zero-order valence-electron chi connectivity index (χ0n) is 14.7. The number of sulfonamides is 1. The number of alkyl halides is 3. The lowest BCUT2D eigenvalue weighted by atomic mass is 10.2. The van der Waals surface area contributed by atoms with Gasteiger partial charge in [-0.2, -0.15) is 13.2 Å². The summed E-state index contributed by atoms with van der Waals surface area (Å²) in [5.74, 6) is -0.895. The molecule has 0 unspecified atom stereocenters. The minimum absolute atomic E-state index is 0.0444. The number of hydroxylamine groups is 1. The number of carbonyl (C=O) groups excluding carboxylic acids is 1. The minimum atomic E-state index is -4.49. The molecule has 0 bridgehead atoms. The molecule has 28 heavy (non-hydrogen) atoms. The van der Waals surface area contributed by atoms with Crippen molar-refractivity contribution in [1.82, 2.24) is 9.45 Å². The number of amides is 1. The van der Waals surface area contributed by atoms with E-state index in [1.54, 1.807) is 0 Å². The van der Waals surface area contributed by atoms with Crippen LogP contribution in [-0.2, 0) is 14.9 Å². The fraction of sp³-hybridized carbons (Fsp3) is 0.250. The number of hydrogen-bond acceptors (Lipinski definition) is 6. The Morgan fingerprint density at radius 2 is 1.96 bits per heavy atom. The molecule has 2 aromatic rings. The summed E-state index contributed by atoms with van der Waals surface area (Å²) in [7, 11) is -1.54. The molecule has 1 heterocycles. The Balaban J connectivity index is 2.10. The Labute approximate surface area is 158 Å². The number of nitrogens with zero attached hydrogens (tertiary/aromatic N) is 2. The Morgan fingerprint density at radius 1 is 1.25 bits per heavy atom. The molecule has 1 aromatic carbocycles. The Morgan fingerprint density at radius 3 is 2.54 bits per heavy atom. The molecule has 0 aliphatic rings. The van der Waals surface area contributed by atoms with Gasteiger partial charge in [-0.1, -0.05) is 10.5 Å². The van der Waals surface area contributed by atoms with Crippen molar-refractivity contribution >= 4 is 21.6 Å². The molecule has 0 fully saturated rings. The fourth-order valence-corrected chi connectivity index (χ4v) is 2.96. The third-order valence-electron chi connectivity index (χ3n) is 3.37. The number of halogens is 3. The lowest BCUT2D eigenvalue weighted by molar-refractivity contribution is -0.154. The number of pyridine rings is 1. The summed E-state index contributed by atoms with van der Waals surface area (Å²) in [4.78, 5) is 20.5. The largest absolute Gasteiger partial charge is 0.468 e. The molecule has 0 radical (unpaired) electrons. The van der Waals surface area contributed by atoms with Crippen LogP contribution < -0.4 is 10.1 Å². The number of ether oxygens (including phenoxy) is 1. The van der Waals surface area contributed by atoms with Gasteiger partial charge in [0, 0.05) is 18.7 Å². The van der Waals surface area contributed by atoms with Gasteiger partial charge in [0.1, 0.15) is 0 Å². The van der Waals surface area contributed by atoms with E-state index in [1.165, 1.54) is 38.4 Å². The highest BCUT2D eigenvalue weighted by molar-refractivity contribution is 7.89. The van der Waals surface area contributed by atoms with E-state index in [0.717, 1.165) is 18.3 Å². The fourth-order valence-electron chi connectivity index (χ4n) is 1.94. The molecule has 0 aliphatic carbocycles. The van der Waals surface area contributed by atoms with Crippen LogP contribution in [0.3, 0.4) is 0 Å². The second kappa shape index (κ2) is 8.54. The van der Waals surface area contributed by atoms with Crippen molar-refractivity contribution in [3.05, 3.63) is 48.2 Å². The van der Waals surface area contributed by atoms with Crippen LogP contribution in [0, 0.1) is 0 Å². The topological polar surface area (TPSA) is 97.8 Å². The molecule has 8 nitrogen and oxygen atoms in total. The lowest BCUT2D eigenvalue weighted by Gasteiger charge is -2.14. The van der Waals surface area contributed by atoms with E-state index in [-0.39, 0.29) is 22.0 Å². The van der Waals surface area contributed by atoms with Gasteiger partial charge in [0.25, 0.3) is 15.9 Å². The number of rotatable bonds is 7. The maximum atomic E-state index is 12.3. The van der Waals surface area contributed by atoms with Crippen LogP contribution in [0.4, 0.5) is 18.9 Å². The molecule has 2 rings (SSSR count). The average molecular weight is 419 g/mol. The molecule has 12 heteroatoms. The predicted octanol–water partition coefficient (Wildman–Crippen LogP) is 2.46. The highest BCUT2D eigenvalue weighted by Gasteiger charge is 2.28. The van der Waals surface area contributed by atoms with E-state index in [9.17, 15) is 26.4 Å². The van der Waals surface area contributed by atoms with E-state index in [1.807, 2.05) is 0 Å². The van der Waals surface area contributed by atoms with E-state index >= 15 is 0 Å². The summed E-state index contributed by atoms with van der Waals surface area (Å²) in [5.41, 5.74) is 0.231. The van der Waals surface area contributed by atoms with Crippen molar-refractivity contribution in [2.24, 2.45) is 0 Å².